The molecule has 0 aliphatic rings. The number of ether oxygens (including phenoxy) is 1. The van der Waals surface area contributed by atoms with Gasteiger partial charge >= 0.3 is 0 Å². The van der Waals surface area contributed by atoms with Crippen molar-refractivity contribution in [1.82, 2.24) is 0 Å². The van der Waals surface area contributed by atoms with Crippen LogP contribution in [0.3, 0.4) is 0 Å². The van der Waals surface area contributed by atoms with Crippen LogP contribution in [0, 0.1) is 20.2 Å². The predicted octanol–water partition coefficient (Wildman–Crippen LogP) is 2.76. The molecule has 0 radical (unpaired) electrons. The Hall–Kier alpha value is -3.29. The molecule has 0 aliphatic heterocycles. The smallest absolute Gasteiger partial charge is 0.273 e. The first-order valence-electron chi connectivity index (χ1n) is 6.12. The Labute approximate surface area is 124 Å². The lowest BCUT2D eigenvalue weighted by Crippen LogP contribution is -2.11. The summed E-state index contributed by atoms with van der Waals surface area (Å²) in [6.45, 7) is -0.373. The molecule has 2 aromatic carbocycles. The van der Waals surface area contributed by atoms with Crippen LogP contribution in [0.2, 0.25) is 0 Å². The van der Waals surface area contributed by atoms with Crippen LogP contribution in [0.1, 0.15) is 10.4 Å². The van der Waals surface area contributed by atoms with Crippen molar-refractivity contribution in [3.05, 3.63) is 74.3 Å². The number of carbonyl (C=O) groups is 1. The molecule has 0 unspecified atom stereocenters. The number of hydrogen-bond donors (Lipinski definition) is 0. The van der Waals surface area contributed by atoms with Crippen molar-refractivity contribution in [2.75, 3.05) is 6.61 Å². The molecule has 0 aliphatic carbocycles. The molecule has 0 heterocycles. The zero-order valence-electron chi connectivity index (χ0n) is 11.2. The summed E-state index contributed by atoms with van der Waals surface area (Å²) in [6, 6.07) is 10.7. The van der Waals surface area contributed by atoms with Crippen LogP contribution in [0.4, 0.5) is 11.4 Å². The first kappa shape index (κ1) is 15.1. The summed E-state index contributed by atoms with van der Waals surface area (Å²) < 4.78 is 5.19. The van der Waals surface area contributed by atoms with Crippen molar-refractivity contribution < 1.29 is 19.4 Å². The molecular formula is C14H10N2O6. The van der Waals surface area contributed by atoms with Gasteiger partial charge in [0.2, 0.25) is 0 Å². The van der Waals surface area contributed by atoms with E-state index >= 15 is 0 Å². The summed E-state index contributed by atoms with van der Waals surface area (Å²) in [6.07, 6.45) is 0. The first-order valence-corrected chi connectivity index (χ1v) is 6.12. The zero-order chi connectivity index (χ0) is 16.1. The Morgan fingerprint density at radius 3 is 2.18 bits per heavy atom. The molecule has 0 amide bonds. The molecule has 8 nitrogen and oxygen atoms in total. The molecule has 0 fully saturated rings. The Morgan fingerprint density at radius 1 is 0.955 bits per heavy atom. The van der Waals surface area contributed by atoms with Crippen molar-refractivity contribution in [3.8, 4) is 5.75 Å². The van der Waals surface area contributed by atoms with Gasteiger partial charge in [-0.3, -0.25) is 25.0 Å². The van der Waals surface area contributed by atoms with Gasteiger partial charge in [0.25, 0.3) is 11.4 Å². The lowest BCUT2D eigenvalue weighted by atomic mass is 10.1. The highest BCUT2D eigenvalue weighted by atomic mass is 16.6. The number of benzene rings is 2. The highest BCUT2D eigenvalue weighted by Crippen LogP contribution is 2.19. The van der Waals surface area contributed by atoms with E-state index in [4.69, 9.17) is 4.74 Å². The first-order chi connectivity index (χ1) is 10.5. The van der Waals surface area contributed by atoms with Crippen molar-refractivity contribution in [3.63, 3.8) is 0 Å². The van der Waals surface area contributed by atoms with Crippen LogP contribution in [-0.2, 0) is 0 Å². The van der Waals surface area contributed by atoms with Crippen molar-refractivity contribution >= 4 is 17.2 Å². The minimum atomic E-state index is -0.599. The Morgan fingerprint density at radius 2 is 1.55 bits per heavy atom. The molecule has 0 saturated carbocycles. The van der Waals surface area contributed by atoms with Crippen LogP contribution in [-0.4, -0.2) is 22.2 Å². The summed E-state index contributed by atoms with van der Waals surface area (Å²) in [4.78, 5) is 32.0. The van der Waals surface area contributed by atoms with Gasteiger partial charge in [-0.15, -0.1) is 0 Å². The molecule has 2 aromatic rings. The molecule has 22 heavy (non-hydrogen) atoms. The fourth-order valence-corrected chi connectivity index (χ4v) is 1.71. The zero-order valence-corrected chi connectivity index (χ0v) is 11.2. The Kier molecular flexibility index (Phi) is 4.42. The Balaban J connectivity index is 2.07. The monoisotopic (exact) mass is 302 g/mol. The summed E-state index contributed by atoms with van der Waals surface area (Å²) in [5, 5.41) is 21.3. The number of carbonyl (C=O) groups excluding carboxylic acids is 1. The maximum Gasteiger partial charge on any atom is 0.273 e. The third-order valence-electron chi connectivity index (χ3n) is 2.78. The second kappa shape index (κ2) is 6.44. The average molecular weight is 302 g/mol. The van der Waals surface area contributed by atoms with E-state index in [-0.39, 0.29) is 29.3 Å². The normalized spacial score (nSPS) is 10.0. The third-order valence-corrected chi connectivity index (χ3v) is 2.78. The summed E-state index contributed by atoms with van der Waals surface area (Å²) in [5.41, 5.74) is -0.207. The molecule has 0 atom stereocenters. The van der Waals surface area contributed by atoms with E-state index in [2.05, 4.69) is 0 Å². The van der Waals surface area contributed by atoms with E-state index < -0.39 is 15.6 Å². The fourth-order valence-electron chi connectivity index (χ4n) is 1.71. The number of non-ortho nitro benzene ring substituents is 2. The van der Waals surface area contributed by atoms with Gasteiger partial charge in [0.1, 0.15) is 5.75 Å². The van der Waals surface area contributed by atoms with Crippen molar-refractivity contribution in [1.29, 1.82) is 0 Å². The molecule has 112 valence electrons. The SMILES string of the molecule is O=C(COc1cccc([N+](=O)[O-])c1)c1cccc([N+](=O)[O-])c1. The highest BCUT2D eigenvalue weighted by Gasteiger charge is 2.13. The van der Waals surface area contributed by atoms with E-state index in [1.807, 2.05) is 0 Å². The van der Waals surface area contributed by atoms with Crippen LogP contribution in [0.15, 0.2) is 48.5 Å². The lowest BCUT2D eigenvalue weighted by molar-refractivity contribution is -0.385. The van der Waals surface area contributed by atoms with Gasteiger partial charge in [0.05, 0.1) is 15.9 Å². The standard InChI is InChI=1S/C14H10N2O6/c17-14(10-3-1-4-11(7-10)15(18)19)9-22-13-6-2-5-12(8-13)16(20)21/h1-8H,9H2. The number of hydrogen-bond acceptors (Lipinski definition) is 6. The van der Waals surface area contributed by atoms with Crippen molar-refractivity contribution in [2.45, 2.75) is 0 Å². The average Bonchev–Trinajstić information content (AvgIpc) is 2.53. The molecule has 0 bridgehead atoms. The second-order valence-corrected chi connectivity index (χ2v) is 4.27. The lowest BCUT2D eigenvalue weighted by Gasteiger charge is -2.05. The van der Waals surface area contributed by atoms with Gasteiger partial charge in [0, 0.05) is 23.8 Å². The Bertz CT molecular complexity index is 744. The van der Waals surface area contributed by atoms with Gasteiger partial charge in [-0.05, 0) is 6.07 Å². The van der Waals surface area contributed by atoms with Gasteiger partial charge in [-0.2, -0.15) is 0 Å². The van der Waals surface area contributed by atoms with E-state index in [1.54, 1.807) is 0 Å². The quantitative estimate of drug-likeness (QED) is 0.460. The van der Waals surface area contributed by atoms with E-state index in [0.29, 0.717) is 0 Å². The number of nitrogens with zero attached hydrogens (tertiary/aromatic N) is 2. The maximum atomic E-state index is 11.9. The van der Waals surface area contributed by atoms with Crippen LogP contribution in [0.25, 0.3) is 0 Å². The van der Waals surface area contributed by atoms with E-state index in [0.717, 1.165) is 6.07 Å². The number of nitro groups is 2. The minimum absolute atomic E-state index is 0.139. The minimum Gasteiger partial charge on any atom is -0.485 e. The van der Waals surface area contributed by atoms with Crippen LogP contribution < -0.4 is 4.74 Å². The molecule has 0 saturated heterocycles. The number of Topliss-reactive ketones (excluding diaryl/α,β-unsaturated/α-hetero) is 1. The van der Waals surface area contributed by atoms with Gasteiger partial charge in [-0.1, -0.05) is 18.2 Å². The second-order valence-electron chi connectivity index (χ2n) is 4.27. The molecular weight excluding hydrogens is 292 g/mol. The number of rotatable bonds is 6. The van der Waals surface area contributed by atoms with E-state index in [1.165, 1.54) is 42.5 Å². The highest BCUT2D eigenvalue weighted by molar-refractivity contribution is 5.97. The van der Waals surface area contributed by atoms with Gasteiger partial charge in [0.15, 0.2) is 12.4 Å². The van der Waals surface area contributed by atoms with E-state index in [9.17, 15) is 25.0 Å². The molecule has 0 aromatic heterocycles. The van der Waals surface area contributed by atoms with Crippen LogP contribution >= 0.6 is 0 Å². The maximum absolute atomic E-state index is 11.9. The number of ketones is 1. The van der Waals surface area contributed by atoms with Gasteiger partial charge in [-0.25, -0.2) is 0 Å². The van der Waals surface area contributed by atoms with Gasteiger partial charge < -0.3 is 4.74 Å². The fraction of sp³-hybridized carbons (Fsp3) is 0.0714. The molecule has 0 spiro atoms. The molecule has 2 rings (SSSR count). The van der Waals surface area contributed by atoms with Crippen LogP contribution in [0.5, 0.6) is 5.75 Å². The third kappa shape index (κ3) is 3.63. The molecule has 0 N–H and O–H groups in total. The molecule has 8 heteroatoms. The summed E-state index contributed by atoms with van der Waals surface area (Å²) >= 11 is 0. The topological polar surface area (TPSA) is 113 Å². The van der Waals surface area contributed by atoms with Crippen molar-refractivity contribution in [2.24, 2.45) is 0 Å². The summed E-state index contributed by atoms with van der Waals surface area (Å²) in [7, 11) is 0. The largest absolute Gasteiger partial charge is 0.485 e. The predicted molar refractivity (Wildman–Crippen MR) is 76.0 cm³/mol. The summed E-state index contributed by atoms with van der Waals surface area (Å²) in [5.74, 6) is -0.289. The number of nitro benzene ring substituents is 2.